The van der Waals surface area contributed by atoms with Crippen LogP contribution in [0.25, 0.3) is 0 Å². The minimum Gasteiger partial charge on any atom is -0.481 e. The molecule has 0 aliphatic heterocycles. The lowest BCUT2D eigenvalue weighted by molar-refractivity contribution is -0.128. The molecule has 0 radical (unpaired) electrons. The number of amides is 1. The summed E-state index contributed by atoms with van der Waals surface area (Å²) in [7, 11) is 0. The van der Waals surface area contributed by atoms with Gasteiger partial charge >= 0.3 is 0 Å². The Morgan fingerprint density at radius 3 is 2.29 bits per heavy atom. The van der Waals surface area contributed by atoms with Gasteiger partial charge in [-0.1, -0.05) is 0 Å². The van der Waals surface area contributed by atoms with Crippen LogP contribution in [0.4, 0.5) is 4.39 Å². The number of hydrogen-bond donors (Lipinski definition) is 1. The zero-order chi connectivity index (χ0) is 13.1. The lowest BCUT2D eigenvalue weighted by Crippen LogP contribution is -2.46. The molecule has 0 heterocycles. The largest absolute Gasteiger partial charge is 0.481 e. The van der Waals surface area contributed by atoms with E-state index in [0.717, 1.165) is 0 Å². The molecule has 94 valence electrons. The maximum absolute atomic E-state index is 12.7. The van der Waals surface area contributed by atoms with Crippen molar-refractivity contribution in [2.75, 3.05) is 0 Å². The third-order valence-corrected chi connectivity index (χ3v) is 1.99. The number of halogens is 1. The van der Waals surface area contributed by atoms with Crippen LogP contribution < -0.4 is 10.1 Å². The monoisotopic (exact) mass is 239 g/mol. The van der Waals surface area contributed by atoms with E-state index < -0.39 is 6.10 Å². The summed E-state index contributed by atoms with van der Waals surface area (Å²) in [6.45, 7) is 7.35. The zero-order valence-corrected chi connectivity index (χ0v) is 10.6. The number of nitrogens with one attached hydrogen (secondary N) is 1. The second-order valence-electron chi connectivity index (χ2n) is 4.95. The summed E-state index contributed by atoms with van der Waals surface area (Å²) in [6, 6.07) is 5.58. The number of carbonyl (C=O) groups is 1. The van der Waals surface area contributed by atoms with Gasteiger partial charge < -0.3 is 10.1 Å². The summed E-state index contributed by atoms with van der Waals surface area (Å²) >= 11 is 0. The van der Waals surface area contributed by atoms with E-state index in [2.05, 4.69) is 5.32 Å². The number of hydrogen-bond acceptors (Lipinski definition) is 2. The molecule has 0 fully saturated rings. The topological polar surface area (TPSA) is 38.3 Å². The highest BCUT2D eigenvalue weighted by Crippen LogP contribution is 2.13. The number of carbonyl (C=O) groups excluding carboxylic acids is 1. The van der Waals surface area contributed by atoms with Crippen molar-refractivity contribution in [2.45, 2.75) is 39.3 Å². The van der Waals surface area contributed by atoms with Crippen LogP contribution in [0.3, 0.4) is 0 Å². The quantitative estimate of drug-likeness (QED) is 0.880. The van der Waals surface area contributed by atoms with Crippen molar-refractivity contribution >= 4 is 5.91 Å². The van der Waals surface area contributed by atoms with Crippen molar-refractivity contribution in [1.82, 2.24) is 5.32 Å². The highest BCUT2D eigenvalue weighted by molar-refractivity contribution is 5.81. The second-order valence-corrected chi connectivity index (χ2v) is 4.95. The van der Waals surface area contributed by atoms with E-state index in [0.29, 0.717) is 5.75 Å². The van der Waals surface area contributed by atoms with Crippen molar-refractivity contribution in [3.63, 3.8) is 0 Å². The van der Waals surface area contributed by atoms with Crippen LogP contribution in [0.1, 0.15) is 27.7 Å². The van der Waals surface area contributed by atoms with Crippen molar-refractivity contribution < 1.29 is 13.9 Å². The maximum atomic E-state index is 12.7. The predicted octanol–water partition coefficient (Wildman–Crippen LogP) is 2.51. The molecule has 1 amide bonds. The summed E-state index contributed by atoms with van der Waals surface area (Å²) in [6.07, 6.45) is -0.611. The van der Waals surface area contributed by atoms with E-state index in [4.69, 9.17) is 4.74 Å². The van der Waals surface area contributed by atoms with Gasteiger partial charge in [-0.3, -0.25) is 4.79 Å². The molecule has 4 heteroatoms. The molecule has 0 bridgehead atoms. The Balaban J connectivity index is 2.57. The summed E-state index contributed by atoms with van der Waals surface area (Å²) in [5.74, 6) is -0.0473. The van der Waals surface area contributed by atoms with Gasteiger partial charge in [0.15, 0.2) is 6.10 Å². The molecule has 0 aliphatic rings. The number of ether oxygens (including phenoxy) is 1. The van der Waals surface area contributed by atoms with E-state index in [9.17, 15) is 9.18 Å². The Morgan fingerprint density at radius 1 is 1.29 bits per heavy atom. The smallest absolute Gasteiger partial charge is 0.261 e. The van der Waals surface area contributed by atoms with Crippen LogP contribution in [0.5, 0.6) is 5.75 Å². The third kappa shape index (κ3) is 4.85. The SMILES string of the molecule is CC(Oc1ccc(F)cc1)C(=O)NC(C)(C)C. The first-order valence-corrected chi connectivity index (χ1v) is 5.52. The summed E-state index contributed by atoms with van der Waals surface area (Å²) in [4.78, 5) is 11.7. The zero-order valence-electron chi connectivity index (χ0n) is 10.6. The summed E-state index contributed by atoms with van der Waals surface area (Å²) in [5.41, 5.74) is -0.294. The van der Waals surface area contributed by atoms with Crippen molar-refractivity contribution in [1.29, 1.82) is 0 Å². The molecule has 0 saturated carbocycles. The fourth-order valence-corrected chi connectivity index (χ4v) is 1.24. The van der Waals surface area contributed by atoms with E-state index >= 15 is 0 Å². The van der Waals surface area contributed by atoms with Gasteiger partial charge in [0.2, 0.25) is 0 Å². The Hall–Kier alpha value is -1.58. The van der Waals surface area contributed by atoms with E-state index in [-0.39, 0.29) is 17.3 Å². The van der Waals surface area contributed by atoms with Crippen LogP contribution >= 0.6 is 0 Å². The minimum atomic E-state index is -0.611. The Labute approximate surface area is 101 Å². The Bertz CT molecular complexity index is 381. The molecule has 1 atom stereocenters. The standard InChI is InChI=1S/C13H18FNO2/c1-9(12(16)15-13(2,3)4)17-11-7-5-10(14)6-8-11/h5-9H,1-4H3,(H,15,16). The molecule has 1 aromatic carbocycles. The first-order chi connectivity index (χ1) is 7.78. The first kappa shape index (κ1) is 13.5. The molecule has 1 unspecified atom stereocenters. The van der Waals surface area contributed by atoms with Crippen LogP contribution in [-0.4, -0.2) is 17.6 Å². The Morgan fingerprint density at radius 2 is 1.82 bits per heavy atom. The second kappa shape index (κ2) is 5.17. The van der Waals surface area contributed by atoms with Gasteiger partial charge in [0.25, 0.3) is 5.91 Å². The molecule has 0 aromatic heterocycles. The summed E-state index contributed by atoms with van der Waals surface area (Å²) in [5, 5.41) is 2.81. The van der Waals surface area contributed by atoms with E-state index in [1.165, 1.54) is 24.3 Å². The molecule has 1 N–H and O–H groups in total. The van der Waals surface area contributed by atoms with Gasteiger partial charge in [-0.15, -0.1) is 0 Å². The average Bonchev–Trinajstić information content (AvgIpc) is 2.19. The molecule has 0 spiro atoms. The molecule has 3 nitrogen and oxygen atoms in total. The molecule has 1 rings (SSSR count). The minimum absolute atomic E-state index is 0.193. The van der Waals surface area contributed by atoms with Crippen molar-refractivity contribution in [3.05, 3.63) is 30.1 Å². The average molecular weight is 239 g/mol. The van der Waals surface area contributed by atoms with Gasteiger partial charge in [0.1, 0.15) is 11.6 Å². The molecule has 1 aromatic rings. The van der Waals surface area contributed by atoms with Crippen LogP contribution in [0.15, 0.2) is 24.3 Å². The normalized spacial score (nSPS) is 13.0. The fourth-order valence-electron chi connectivity index (χ4n) is 1.24. The molecule has 0 saturated heterocycles. The number of rotatable bonds is 3. The van der Waals surface area contributed by atoms with E-state index in [1.807, 2.05) is 20.8 Å². The number of benzene rings is 1. The van der Waals surface area contributed by atoms with Gasteiger partial charge in [0, 0.05) is 5.54 Å². The van der Waals surface area contributed by atoms with Crippen LogP contribution in [0.2, 0.25) is 0 Å². The van der Waals surface area contributed by atoms with E-state index in [1.54, 1.807) is 6.92 Å². The van der Waals surface area contributed by atoms with Gasteiger partial charge in [-0.25, -0.2) is 4.39 Å². The highest BCUT2D eigenvalue weighted by atomic mass is 19.1. The molecule has 17 heavy (non-hydrogen) atoms. The molecular weight excluding hydrogens is 221 g/mol. The first-order valence-electron chi connectivity index (χ1n) is 5.52. The molecular formula is C13H18FNO2. The van der Waals surface area contributed by atoms with Crippen LogP contribution in [0, 0.1) is 5.82 Å². The lowest BCUT2D eigenvalue weighted by Gasteiger charge is -2.23. The fraction of sp³-hybridized carbons (Fsp3) is 0.462. The van der Waals surface area contributed by atoms with Gasteiger partial charge in [-0.2, -0.15) is 0 Å². The lowest BCUT2D eigenvalue weighted by atomic mass is 10.1. The van der Waals surface area contributed by atoms with Crippen molar-refractivity contribution in [3.8, 4) is 5.75 Å². The summed E-state index contributed by atoms with van der Waals surface area (Å²) < 4.78 is 18.1. The highest BCUT2D eigenvalue weighted by Gasteiger charge is 2.20. The van der Waals surface area contributed by atoms with Gasteiger partial charge in [-0.05, 0) is 52.0 Å². The maximum Gasteiger partial charge on any atom is 0.261 e. The van der Waals surface area contributed by atoms with Crippen LogP contribution in [-0.2, 0) is 4.79 Å². The predicted molar refractivity (Wildman–Crippen MR) is 64.4 cm³/mol. The Kier molecular flexibility index (Phi) is 4.10. The van der Waals surface area contributed by atoms with Gasteiger partial charge in [0.05, 0.1) is 0 Å². The third-order valence-electron chi connectivity index (χ3n) is 1.99. The molecule has 0 aliphatic carbocycles. The van der Waals surface area contributed by atoms with Crippen molar-refractivity contribution in [2.24, 2.45) is 0 Å².